The van der Waals surface area contributed by atoms with Gasteiger partial charge in [-0.15, -0.1) is 0 Å². The fourth-order valence-electron chi connectivity index (χ4n) is 5.19. The van der Waals surface area contributed by atoms with Crippen LogP contribution < -0.4 is 29.6 Å². The van der Waals surface area contributed by atoms with E-state index >= 15 is 0 Å². The van der Waals surface area contributed by atoms with E-state index in [4.69, 9.17) is 30.5 Å². The van der Waals surface area contributed by atoms with Gasteiger partial charge in [0.2, 0.25) is 5.75 Å². The minimum Gasteiger partial charge on any atom is -0.489 e. The van der Waals surface area contributed by atoms with Crippen LogP contribution in [-0.2, 0) is 0 Å². The fourth-order valence-corrected chi connectivity index (χ4v) is 5.31. The molecule has 0 radical (unpaired) electrons. The van der Waals surface area contributed by atoms with Crippen molar-refractivity contribution in [3.05, 3.63) is 71.4 Å². The van der Waals surface area contributed by atoms with Crippen LogP contribution in [0, 0.1) is 6.92 Å². The van der Waals surface area contributed by atoms with Crippen molar-refractivity contribution in [3.8, 4) is 28.7 Å². The molecule has 2 N–H and O–H groups in total. The third-order valence-electron chi connectivity index (χ3n) is 7.27. The number of likely N-dealkylation sites (tertiary alicyclic amines) is 1. The van der Waals surface area contributed by atoms with Crippen molar-refractivity contribution in [2.45, 2.75) is 26.2 Å². The van der Waals surface area contributed by atoms with E-state index in [1.54, 1.807) is 48.7 Å². The predicted octanol–water partition coefficient (Wildman–Crippen LogP) is 7.27. The van der Waals surface area contributed by atoms with Crippen molar-refractivity contribution in [3.63, 3.8) is 0 Å². The summed E-state index contributed by atoms with van der Waals surface area (Å²) in [6.07, 6.45) is 5.20. The highest BCUT2D eigenvalue weighted by atomic mass is 35.5. The molecule has 2 aliphatic rings. The Balaban J connectivity index is 1.14. The van der Waals surface area contributed by atoms with E-state index in [2.05, 4.69) is 20.5 Å². The van der Waals surface area contributed by atoms with E-state index < -0.39 is 0 Å². The maximum atomic E-state index is 12.5. The number of carbonyl (C=O) groups excluding carboxylic acids is 1. The molecule has 218 valence electrons. The number of ether oxygens (including phenoxy) is 4. The Morgan fingerprint density at radius 3 is 2.48 bits per heavy atom. The Labute approximate surface area is 249 Å². The number of hydrogen-bond acceptors (Lipinski definition) is 7. The monoisotopic (exact) mass is 588 g/mol. The normalized spacial score (nSPS) is 14.5. The summed E-state index contributed by atoms with van der Waals surface area (Å²) in [5.41, 5.74) is 2.85. The number of aryl methyl sites for hydroxylation is 1. The first-order valence-electron chi connectivity index (χ1n) is 14.2. The highest BCUT2D eigenvalue weighted by Gasteiger charge is 2.25. The smallest absolute Gasteiger partial charge is 0.323 e. The second-order valence-corrected chi connectivity index (χ2v) is 10.8. The summed E-state index contributed by atoms with van der Waals surface area (Å²) >= 11 is 6.07. The standard InChI is InChI=1S/C32H33ClN4O5/c1-21-19-23(7-10-25(21)33)36-32(38)35-22-5-8-24(9-6-22)42-27-11-12-34-26-20-28(30-31(29(26)27)41-18-17-40-30)39-16-4-15-37-13-2-3-14-37/h5-12,19-20H,2-4,13-18H2,1H3,(H2,35,36,38). The second-order valence-electron chi connectivity index (χ2n) is 10.4. The molecule has 1 aromatic heterocycles. The number of hydrogen-bond donors (Lipinski definition) is 2. The lowest BCUT2D eigenvalue weighted by molar-refractivity contribution is 0.163. The molecule has 0 atom stereocenters. The van der Waals surface area contributed by atoms with Gasteiger partial charge in [0.15, 0.2) is 11.5 Å². The molecule has 2 aliphatic heterocycles. The number of carbonyl (C=O) groups is 1. The molecule has 0 bridgehead atoms. The van der Waals surface area contributed by atoms with Gasteiger partial charge in [-0.1, -0.05) is 11.6 Å². The zero-order valence-electron chi connectivity index (χ0n) is 23.5. The van der Waals surface area contributed by atoms with E-state index in [1.165, 1.54) is 25.9 Å². The zero-order valence-corrected chi connectivity index (χ0v) is 24.2. The number of aromatic nitrogens is 1. The Morgan fingerprint density at radius 1 is 0.952 bits per heavy atom. The molecule has 0 saturated carbocycles. The molecule has 9 nitrogen and oxygen atoms in total. The molecule has 6 rings (SSSR count). The minimum atomic E-state index is -0.358. The number of benzene rings is 3. The number of nitrogens with one attached hydrogen (secondary N) is 2. The van der Waals surface area contributed by atoms with Crippen LogP contribution >= 0.6 is 11.6 Å². The van der Waals surface area contributed by atoms with Crippen molar-refractivity contribution in [1.29, 1.82) is 0 Å². The van der Waals surface area contributed by atoms with Crippen molar-refractivity contribution >= 4 is 39.9 Å². The maximum absolute atomic E-state index is 12.5. The van der Waals surface area contributed by atoms with Gasteiger partial charge < -0.3 is 34.5 Å². The Bertz CT molecular complexity index is 1570. The molecule has 3 heterocycles. The average Bonchev–Trinajstić information content (AvgIpc) is 3.52. The lowest BCUT2D eigenvalue weighted by Gasteiger charge is -2.24. The number of rotatable bonds is 9. The lowest BCUT2D eigenvalue weighted by atomic mass is 10.1. The molecule has 3 aromatic carbocycles. The first-order chi connectivity index (χ1) is 20.5. The van der Waals surface area contributed by atoms with Gasteiger partial charge in [0.25, 0.3) is 0 Å². The van der Waals surface area contributed by atoms with E-state index in [0.29, 0.717) is 70.5 Å². The van der Waals surface area contributed by atoms with Crippen LogP contribution in [0.4, 0.5) is 16.2 Å². The summed E-state index contributed by atoms with van der Waals surface area (Å²) in [5.74, 6) is 2.96. The number of fused-ring (bicyclic) bond motifs is 3. The zero-order chi connectivity index (χ0) is 28.9. The molecule has 1 fully saturated rings. The molecule has 0 unspecified atom stereocenters. The number of amides is 2. The third kappa shape index (κ3) is 6.48. The van der Waals surface area contributed by atoms with Crippen LogP contribution in [0.2, 0.25) is 5.02 Å². The summed E-state index contributed by atoms with van der Waals surface area (Å²) in [7, 11) is 0. The van der Waals surface area contributed by atoms with Gasteiger partial charge in [-0.2, -0.15) is 0 Å². The summed E-state index contributed by atoms with van der Waals surface area (Å²) in [6.45, 7) is 6.72. The summed E-state index contributed by atoms with van der Waals surface area (Å²) in [4.78, 5) is 19.5. The molecule has 10 heteroatoms. The highest BCUT2D eigenvalue weighted by molar-refractivity contribution is 6.31. The molecule has 1 saturated heterocycles. The highest BCUT2D eigenvalue weighted by Crippen LogP contribution is 2.48. The Kier molecular flexibility index (Phi) is 8.48. The van der Waals surface area contributed by atoms with Crippen LogP contribution in [0.25, 0.3) is 10.9 Å². The van der Waals surface area contributed by atoms with Crippen LogP contribution in [0.15, 0.2) is 60.8 Å². The van der Waals surface area contributed by atoms with Gasteiger partial charge in [0.05, 0.1) is 17.5 Å². The summed E-state index contributed by atoms with van der Waals surface area (Å²) in [6, 6.07) is 15.8. The van der Waals surface area contributed by atoms with Crippen LogP contribution in [-0.4, -0.2) is 55.4 Å². The molecule has 2 amide bonds. The molecular formula is C32H33ClN4O5. The third-order valence-corrected chi connectivity index (χ3v) is 7.70. The first kappa shape index (κ1) is 27.9. The van der Waals surface area contributed by atoms with Crippen molar-refractivity contribution in [1.82, 2.24) is 9.88 Å². The topological polar surface area (TPSA) is 94.2 Å². The number of urea groups is 1. The van der Waals surface area contributed by atoms with Crippen molar-refractivity contribution in [2.24, 2.45) is 0 Å². The number of anilines is 2. The maximum Gasteiger partial charge on any atom is 0.323 e. The van der Waals surface area contributed by atoms with Gasteiger partial charge >= 0.3 is 6.03 Å². The molecule has 0 aliphatic carbocycles. The average molecular weight is 589 g/mol. The van der Waals surface area contributed by atoms with Gasteiger partial charge in [0, 0.05) is 35.2 Å². The van der Waals surface area contributed by atoms with Gasteiger partial charge in [-0.05, 0) is 93.4 Å². The molecular weight excluding hydrogens is 556 g/mol. The Morgan fingerprint density at radius 2 is 1.69 bits per heavy atom. The molecule has 42 heavy (non-hydrogen) atoms. The van der Waals surface area contributed by atoms with Crippen LogP contribution in [0.5, 0.6) is 28.7 Å². The molecule has 0 spiro atoms. The van der Waals surface area contributed by atoms with E-state index in [1.807, 2.05) is 19.1 Å². The first-order valence-corrected chi connectivity index (χ1v) is 14.6. The Hall–Kier alpha value is -4.21. The fraction of sp³-hybridized carbons (Fsp3) is 0.312. The van der Waals surface area contributed by atoms with E-state index in [0.717, 1.165) is 23.9 Å². The van der Waals surface area contributed by atoms with E-state index in [9.17, 15) is 4.79 Å². The largest absolute Gasteiger partial charge is 0.489 e. The van der Waals surface area contributed by atoms with Crippen LogP contribution in [0.1, 0.15) is 24.8 Å². The quantitative estimate of drug-likeness (QED) is 0.199. The predicted molar refractivity (Wildman–Crippen MR) is 164 cm³/mol. The lowest BCUT2D eigenvalue weighted by Crippen LogP contribution is -2.22. The van der Waals surface area contributed by atoms with Crippen molar-refractivity contribution in [2.75, 3.05) is 50.1 Å². The van der Waals surface area contributed by atoms with Gasteiger partial charge in [-0.25, -0.2) is 4.79 Å². The number of halogens is 1. The minimum absolute atomic E-state index is 0.358. The number of nitrogens with zero attached hydrogens (tertiary/aromatic N) is 2. The summed E-state index contributed by atoms with van der Waals surface area (Å²) < 4.78 is 24.5. The molecule has 4 aromatic rings. The second kappa shape index (κ2) is 12.8. The van der Waals surface area contributed by atoms with Gasteiger partial charge in [0.1, 0.15) is 24.7 Å². The van der Waals surface area contributed by atoms with Crippen molar-refractivity contribution < 1.29 is 23.7 Å². The SMILES string of the molecule is Cc1cc(NC(=O)Nc2ccc(Oc3ccnc4cc(OCCCN5CCCC5)c5c(c34)OCCO5)cc2)ccc1Cl. The van der Waals surface area contributed by atoms with E-state index in [-0.39, 0.29) is 6.03 Å². The van der Waals surface area contributed by atoms with Crippen LogP contribution in [0.3, 0.4) is 0 Å². The van der Waals surface area contributed by atoms with Gasteiger partial charge in [-0.3, -0.25) is 4.98 Å². The number of pyridine rings is 1. The summed E-state index contributed by atoms with van der Waals surface area (Å²) in [5, 5.41) is 7.00.